The number of ketones is 1. The maximum absolute atomic E-state index is 11.9. The van der Waals surface area contributed by atoms with Crippen molar-refractivity contribution in [3.63, 3.8) is 0 Å². The van der Waals surface area contributed by atoms with Crippen LogP contribution in [0, 0.1) is 6.92 Å². The lowest BCUT2D eigenvalue weighted by Gasteiger charge is -1.98. The van der Waals surface area contributed by atoms with Crippen molar-refractivity contribution >= 4 is 17.1 Å². The molecule has 78 valence electrons. The predicted octanol–water partition coefficient (Wildman–Crippen LogP) is 2.89. The molecule has 0 atom stereocenters. The molecule has 2 aromatic rings. The van der Waals surface area contributed by atoms with Gasteiger partial charge < -0.3 is 9.15 Å². The minimum atomic E-state index is -0.130. The fourth-order valence-corrected chi connectivity index (χ4v) is 2.10. The smallest absolute Gasteiger partial charge is 0.241 e. The van der Waals surface area contributed by atoms with Gasteiger partial charge in [-0.25, -0.2) is 0 Å². The molecule has 0 spiro atoms. The zero-order valence-electron chi connectivity index (χ0n) is 8.44. The highest BCUT2D eigenvalue weighted by Crippen LogP contribution is 2.27. The highest BCUT2D eigenvalue weighted by Gasteiger charge is 2.18. The Balaban J connectivity index is 2.36. The molecule has 0 bridgehead atoms. The van der Waals surface area contributed by atoms with E-state index in [-0.39, 0.29) is 5.78 Å². The molecule has 0 N–H and O–H groups in total. The molecule has 0 unspecified atom stereocenters. The first-order valence-electron chi connectivity index (χ1n) is 4.45. The Morgan fingerprint density at radius 2 is 2.20 bits per heavy atom. The summed E-state index contributed by atoms with van der Waals surface area (Å²) in [5.74, 6) is 1.55. The maximum atomic E-state index is 11.9. The average Bonchev–Trinajstić information content (AvgIpc) is 2.84. The topological polar surface area (TPSA) is 39.4 Å². The quantitative estimate of drug-likeness (QED) is 0.749. The molecule has 3 nitrogen and oxygen atoms in total. The van der Waals surface area contributed by atoms with E-state index < -0.39 is 0 Å². The first-order valence-corrected chi connectivity index (χ1v) is 5.33. The Morgan fingerprint density at radius 3 is 2.80 bits per heavy atom. The van der Waals surface area contributed by atoms with Gasteiger partial charge in [0.1, 0.15) is 16.4 Å². The number of carbonyl (C=O) groups is 1. The van der Waals surface area contributed by atoms with E-state index in [1.54, 1.807) is 25.3 Å². The summed E-state index contributed by atoms with van der Waals surface area (Å²) in [6, 6.07) is 5.22. The molecule has 0 aromatic carbocycles. The molecule has 0 aliphatic carbocycles. The third-order valence-corrected chi connectivity index (χ3v) is 2.91. The monoisotopic (exact) mass is 222 g/mol. The van der Waals surface area contributed by atoms with Crippen LogP contribution in [0.15, 0.2) is 28.0 Å². The summed E-state index contributed by atoms with van der Waals surface area (Å²) in [7, 11) is 1.55. The first kappa shape index (κ1) is 9.98. The Hall–Kier alpha value is -1.55. The van der Waals surface area contributed by atoms with Gasteiger partial charge in [0, 0.05) is 0 Å². The summed E-state index contributed by atoms with van der Waals surface area (Å²) in [5, 5.41) is 1.82. The van der Waals surface area contributed by atoms with E-state index in [0.717, 1.165) is 5.76 Å². The average molecular weight is 222 g/mol. The van der Waals surface area contributed by atoms with Gasteiger partial charge in [-0.2, -0.15) is 0 Å². The summed E-state index contributed by atoms with van der Waals surface area (Å²) >= 11 is 1.35. The van der Waals surface area contributed by atoms with E-state index in [1.807, 2.05) is 12.3 Å². The molecule has 0 fully saturated rings. The van der Waals surface area contributed by atoms with E-state index in [1.165, 1.54) is 11.3 Å². The lowest BCUT2D eigenvalue weighted by molar-refractivity contribution is 0.101. The number of ether oxygens (including phenoxy) is 1. The van der Waals surface area contributed by atoms with Gasteiger partial charge in [0.2, 0.25) is 5.78 Å². The first-order chi connectivity index (χ1) is 7.22. The lowest BCUT2D eigenvalue weighted by Crippen LogP contribution is -1.98. The standard InChI is InChI=1S/C11H10O3S/c1-7-3-4-8(14-7)10(12)11-9(13-2)5-6-15-11/h3-6H,1-2H3. The minimum absolute atomic E-state index is 0.130. The maximum Gasteiger partial charge on any atom is 0.241 e. The van der Waals surface area contributed by atoms with Crippen molar-refractivity contribution in [2.24, 2.45) is 0 Å². The fraction of sp³-hybridized carbons (Fsp3) is 0.182. The van der Waals surface area contributed by atoms with Crippen molar-refractivity contribution in [2.45, 2.75) is 6.92 Å². The molecule has 2 rings (SSSR count). The van der Waals surface area contributed by atoms with Crippen LogP contribution in [0.25, 0.3) is 0 Å². The van der Waals surface area contributed by atoms with E-state index in [2.05, 4.69) is 0 Å². The Labute approximate surface area is 91.3 Å². The van der Waals surface area contributed by atoms with Crippen molar-refractivity contribution in [2.75, 3.05) is 7.11 Å². The van der Waals surface area contributed by atoms with Crippen LogP contribution in [0.5, 0.6) is 5.75 Å². The van der Waals surface area contributed by atoms with E-state index >= 15 is 0 Å². The highest BCUT2D eigenvalue weighted by atomic mass is 32.1. The highest BCUT2D eigenvalue weighted by molar-refractivity contribution is 7.12. The summed E-state index contributed by atoms with van der Waals surface area (Å²) in [5.41, 5.74) is 0. The predicted molar refractivity (Wildman–Crippen MR) is 57.7 cm³/mol. The SMILES string of the molecule is COc1ccsc1C(=O)c1ccc(C)o1. The zero-order valence-corrected chi connectivity index (χ0v) is 9.26. The summed E-state index contributed by atoms with van der Waals surface area (Å²) in [6.07, 6.45) is 0. The number of furan rings is 1. The van der Waals surface area contributed by atoms with Gasteiger partial charge in [-0.05, 0) is 30.5 Å². The van der Waals surface area contributed by atoms with Crippen molar-refractivity contribution < 1.29 is 13.9 Å². The van der Waals surface area contributed by atoms with E-state index in [4.69, 9.17) is 9.15 Å². The van der Waals surface area contributed by atoms with Crippen LogP contribution in [0.2, 0.25) is 0 Å². The van der Waals surface area contributed by atoms with Gasteiger partial charge >= 0.3 is 0 Å². The molecule has 0 aliphatic heterocycles. The molecule has 0 saturated heterocycles. The molecule has 0 radical (unpaired) electrons. The van der Waals surface area contributed by atoms with Crippen LogP contribution in [-0.4, -0.2) is 12.9 Å². The largest absolute Gasteiger partial charge is 0.495 e. The normalized spacial score (nSPS) is 10.3. The molecule has 2 heterocycles. The summed E-state index contributed by atoms with van der Waals surface area (Å²) in [4.78, 5) is 12.5. The Kier molecular flexibility index (Phi) is 2.60. The molecular weight excluding hydrogens is 212 g/mol. The van der Waals surface area contributed by atoms with Crippen molar-refractivity contribution in [1.82, 2.24) is 0 Å². The number of hydrogen-bond donors (Lipinski definition) is 0. The van der Waals surface area contributed by atoms with Crippen LogP contribution >= 0.6 is 11.3 Å². The molecule has 0 aliphatic rings. The van der Waals surface area contributed by atoms with Gasteiger partial charge in [0.05, 0.1) is 7.11 Å². The second-order valence-corrected chi connectivity index (χ2v) is 3.97. The van der Waals surface area contributed by atoms with Crippen LogP contribution in [0.3, 0.4) is 0 Å². The van der Waals surface area contributed by atoms with Crippen molar-refractivity contribution in [3.8, 4) is 5.75 Å². The van der Waals surface area contributed by atoms with Crippen LogP contribution in [0.1, 0.15) is 21.2 Å². The van der Waals surface area contributed by atoms with Gasteiger partial charge in [-0.3, -0.25) is 4.79 Å². The molecule has 4 heteroatoms. The Bertz CT molecular complexity index is 481. The zero-order chi connectivity index (χ0) is 10.8. The molecule has 0 amide bonds. The van der Waals surface area contributed by atoms with Crippen LogP contribution in [-0.2, 0) is 0 Å². The second-order valence-electron chi connectivity index (χ2n) is 3.06. The molecular formula is C11H10O3S. The fourth-order valence-electron chi connectivity index (χ4n) is 1.29. The third kappa shape index (κ3) is 1.80. The van der Waals surface area contributed by atoms with Crippen LogP contribution in [0.4, 0.5) is 0 Å². The number of methoxy groups -OCH3 is 1. The minimum Gasteiger partial charge on any atom is -0.495 e. The van der Waals surface area contributed by atoms with E-state index in [9.17, 15) is 4.79 Å². The van der Waals surface area contributed by atoms with E-state index in [0.29, 0.717) is 16.4 Å². The number of carbonyl (C=O) groups excluding carboxylic acids is 1. The van der Waals surface area contributed by atoms with Gasteiger partial charge in [-0.1, -0.05) is 0 Å². The van der Waals surface area contributed by atoms with Gasteiger partial charge in [-0.15, -0.1) is 11.3 Å². The number of aryl methyl sites for hydroxylation is 1. The summed E-state index contributed by atoms with van der Waals surface area (Å²) < 4.78 is 10.4. The van der Waals surface area contributed by atoms with Crippen molar-refractivity contribution in [3.05, 3.63) is 40.0 Å². The van der Waals surface area contributed by atoms with Gasteiger partial charge in [0.15, 0.2) is 5.76 Å². The second kappa shape index (κ2) is 3.90. The van der Waals surface area contributed by atoms with Crippen molar-refractivity contribution in [1.29, 1.82) is 0 Å². The lowest BCUT2D eigenvalue weighted by atomic mass is 10.2. The van der Waals surface area contributed by atoms with Crippen LogP contribution < -0.4 is 4.74 Å². The number of rotatable bonds is 3. The number of thiophene rings is 1. The summed E-state index contributed by atoms with van der Waals surface area (Å²) in [6.45, 7) is 1.81. The Morgan fingerprint density at radius 1 is 1.40 bits per heavy atom. The molecule has 2 aromatic heterocycles. The molecule has 15 heavy (non-hydrogen) atoms. The molecule has 0 saturated carbocycles. The number of hydrogen-bond acceptors (Lipinski definition) is 4. The van der Waals surface area contributed by atoms with Gasteiger partial charge in [0.25, 0.3) is 0 Å². The third-order valence-electron chi connectivity index (χ3n) is 2.02.